The molecule has 4 amide bonds. The predicted molar refractivity (Wildman–Crippen MR) is 170 cm³/mol. The van der Waals surface area contributed by atoms with E-state index in [1.807, 2.05) is 13.8 Å². The molecule has 6 rings (SSSR count). The van der Waals surface area contributed by atoms with Crippen molar-refractivity contribution in [3.8, 4) is 0 Å². The molecule has 1 saturated heterocycles. The van der Waals surface area contributed by atoms with Gasteiger partial charge in [-0.15, -0.1) is 0 Å². The average Bonchev–Trinajstić information content (AvgIpc) is 3.74. The van der Waals surface area contributed by atoms with Crippen LogP contribution in [0.2, 0.25) is 0 Å². The van der Waals surface area contributed by atoms with Crippen LogP contribution in [0.25, 0.3) is 10.9 Å². The molecule has 1 spiro atoms. The minimum Gasteiger partial charge on any atom is -0.350 e. The van der Waals surface area contributed by atoms with Crippen LogP contribution < -0.4 is 10.6 Å². The fourth-order valence-corrected chi connectivity index (χ4v) is 7.39. The largest absolute Gasteiger partial charge is 0.350 e. The Balaban J connectivity index is 1.34. The molecule has 1 saturated carbocycles. The van der Waals surface area contributed by atoms with Crippen LogP contribution in [-0.2, 0) is 24.6 Å². The van der Waals surface area contributed by atoms with Gasteiger partial charge in [-0.25, -0.2) is 4.39 Å². The molecule has 2 fully saturated rings. The van der Waals surface area contributed by atoms with Gasteiger partial charge in [-0.05, 0) is 61.4 Å². The van der Waals surface area contributed by atoms with Crippen molar-refractivity contribution in [3.63, 3.8) is 0 Å². The second kappa shape index (κ2) is 12.3. The number of nitrogens with one attached hydrogen (secondary N) is 3. The van der Waals surface area contributed by atoms with Gasteiger partial charge in [0.05, 0.1) is 5.41 Å². The quantitative estimate of drug-likeness (QED) is 0.320. The predicted octanol–water partition coefficient (Wildman–Crippen LogP) is 4.30. The third-order valence-corrected chi connectivity index (χ3v) is 9.84. The first-order valence-electron chi connectivity index (χ1n) is 16.1. The topological polar surface area (TPSA) is 132 Å². The maximum atomic E-state index is 14.6. The molecule has 1 aliphatic carbocycles. The van der Waals surface area contributed by atoms with E-state index in [0.717, 1.165) is 32.1 Å². The lowest BCUT2D eigenvalue weighted by Crippen LogP contribution is -2.55. The van der Waals surface area contributed by atoms with Crippen molar-refractivity contribution in [2.75, 3.05) is 18.9 Å². The van der Waals surface area contributed by atoms with Crippen molar-refractivity contribution in [1.82, 2.24) is 20.1 Å². The highest BCUT2D eigenvalue weighted by Crippen LogP contribution is 2.47. The number of para-hydroxylation sites is 1. The number of ketones is 1. The van der Waals surface area contributed by atoms with E-state index in [1.54, 1.807) is 36.4 Å². The summed E-state index contributed by atoms with van der Waals surface area (Å²) in [4.78, 5) is 74.9. The van der Waals surface area contributed by atoms with Crippen molar-refractivity contribution in [1.29, 1.82) is 0 Å². The number of anilines is 1. The highest BCUT2D eigenvalue weighted by molar-refractivity contribution is 6.38. The van der Waals surface area contributed by atoms with Crippen molar-refractivity contribution in [2.45, 2.75) is 82.3 Å². The Morgan fingerprint density at radius 3 is 2.52 bits per heavy atom. The molecule has 1 aromatic heterocycles. The zero-order valence-corrected chi connectivity index (χ0v) is 26.4. The standard InChI is InChI=1S/C35H40FN5O5/c1-20(2)16-28(40(3)32(44)27-17-22-24(36)13-9-15-25(22)38-27)33(45)41-19-35(23-12-7-8-14-26(23)39-34(35)46)18-29(41)30(42)31(43)37-21-10-5-4-6-11-21/h7-9,12-15,17,20-21,28-29,38H,4-6,10-11,16,18-19H2,1-3H3,(H,37,43)(H,39,46)/t28-,29-,35-/m0/s1. The maximum absolute atomic E-state index is 14.6. The van der Waals surface area contributed by atoms with Gasteiger partial charge in [-0.1, -0.05) is 57.4 Å². The fourth-order valence-electron chi connectivity index (χ4n) is 7.39. The molecule has 0 radical (unpaired) electrons. The van der Waals surface area contributed by atoms with E-state index in [9.17, 15) is 28.4 Å². The van der Waals surface area contributed by atoms with Gasteiger partial charge in [-0.2, -0.15) is 0 Å². The van der Waals surface area contributed by atoms with Crippen molar-refractivity contribution < 1.29 is 28.4 Å². The van der Waals surface area contributed by atoms with Crippen LogP contribution in [0.1, 0.15) is 74.8 Å². The zero-order valence-electron chi connectivity index (χ0n) is 26.4. The van der Waals surface area contributed by atoms with Crippen LogP contribution in [0.4, 0.5) is 10.1 Å². The van der Waals surface area contributed by atoms with Crippen molar-refractivity contribution in [3.05, 3.63) is 65.6 Å². The summed E-state index contributed by atoms with van der Waals surface area (Å²) in [5.41, 5.74) is 0.621. The number of benzene rings is 2. The third kappa shape index (κ3) is 5.56. The third-order valence-electron chi connectivity index (χ3n) is 9.84. The lowest BCUT2D eigenvalue weighted by molar-refractivity contribution is -0.146. The van der Waals surface area contributed by atoms with E-state index in [1.165, 1.54) is 29.0 Å². The highest BCUT2D eigenvalue weighted by Gasteiger charge is 2.58. The first-order valence-corrected chi connectivity index (χ1v) is 16.1. The number of aromatic amines is 1. The molecule has 3 heterocycles. The molecule has 46 heavy (non-hydrogen) atoms. The number of fused-ring (bicyclic) bond motifs is 3. The van der Waals surface area contributed by atoms with Crippen LogP contribution in [0.5, 0.6) is 0 Å². The van der Waals surface area contributed by atoms with Crippen LogP contribution >= 0.6 is 0 Å². The van der Waals surface area contributed by atoms with Crippen LogP contribution in [0.15, 0.2) is 48.5 Å². The molecule has 3 aliphatic rings. The zero-order chi connectivity index (χ0) is 32.7. The van der Waals surface area contributed by atoms with E-state index in [2.05, 4.69) is 15.6 Å². The van der Waals surface area contributed by atoms with Gasteiger partial charge in [0.15, 0.2) is 0 Å². The van der Waals surface area contributed by atoms with Gasteiger partial charge < -0.3 is 25.4 Å². The van der Waals surface area contributed by atoms with E-state index < -0.39 is 46.8 Å². The Morgan fingerprint density at radius 1 is 1.07 bits per heavy atom. The number of hydrogen-bond acceptors (Lipinski definition) is 5. The fraction of sp³-hybridized carbons (Fsp3) is 0.457. The molecule has 3 atom stereocenters. The molecule has 2 aromatic carbocycles. The number of rotatable bonds is 8. The first kappa shape index (κ1) is 31.4. The maximum Gasteiger partial charge on any atom is 0.289 e. The summed E-state index contributed by atoms with van der Waals surface area (Å²) < 4.78 is 14.4. The smallest absolute Gasteiger partial charge is 0.289 e. The molecule has 3 N–H and O–H groups in total. The lowest BCUT2D eigenvalue weighted by Gasteiger charge is -2.34. The minimum atomic E-state index is -1.22. The molecule has 0 unspecified atom stereocenters. The molecule has 2 aliphatic heterocycles. The molecule has 10 nitrogen and oxygen atoms in total. The number of halogens is 1. The number of carbonyl (C=O) groups is 5. The Hall–Kier alpha value is -4.54. The molecular weight excluding hydrogens is 589 g/mol. The van der Waals surface area contributed by atoms with Gasteiger partial charge in [-0.3, -0.25) is 24.0 Å². The number of H-pyrrole nitrogens is 1. The first-order chi connectivity index (χ1) is 22.0. The van der Waals surface area contributed by atoms with Gasteiger partial charge in [0.1, 0.15) is 23.6 Å². The Morgan fingerprint density at radius 2 is 1.80 bits per heavy atom. The number of amides is 4. The summed E-state index contributed by atoms with van der Waals surface area (Å²) in [6.45, 7) is 3.72. The van der Waals surface area contributed by atoms with E-state index in [0.29, 0.717) is 16.8 Å². The van der Waals surface area contributed by atoms with Crippen molar-refractivity contribution >= 4 is 46.0 Å². The second-order valence-electron chi connectivity index (χ2n) is 13.4. The van der Waals surface area contributed by atoms with Gasteiger partial charge >= 0.3 is 0 Å². The molecule has 0 bridgehead atoms. The summed E-state index contributed by atoms with van der Waals surface area (Å²) in [7, 11) is 1.51. The van der Waals surface area contributed by atoms with Crippen LogP contribution in [-0.4, -0.2) is 75.9 Å². The second-order valence-corrected chi connectivity index (χ2v) is 13.4. The number of Topliss-reactive ketones (excluding diaryl/α,β-unsaturated/α-hetero) is 1. The molecule has 242 valence electrons. The normalized spacial score (nSPS) is 21.8. The number of likely N-dealkylation sites (N-methyl/N-ethyl adjacent to an activating group) is 1. The molecule has 3 aromatic rings. The minimum absolute atomic E-state index is 0.0276. The molecular formula is C35H40FN5O5. The number of carbonyl (C=O) groups excluding carboxylic acids is 5. The monoisotopic (exact) mass is 629 g/mol. The Kier molecular flexibility index (Phi) is 8.43. The highest BCUT2D eigenvalue weighted by atomic mass is 19.1. The Bertz CT molecular complexity index is 1710. The molecule has 11 heteroatoms. The van der Waals surface area contributed by atoms with Crippen LogP contribution in [0, 0.1) is 11.7 Å². The average molecular weight is 630 g/mol. The Labute approximate surface area is 267 Å². The van der Waals surface area contributed by atoms with Gasteiger partial charge in [0.25, 0.3) is 11.8 Å². The van der Waals surface area contributed by atoms with Crippen LogP contribution in [0.3, 0.4) is 0 Å². The van der Waals surface area contributed by atoms with Gasteiger partial charge in [0, 0.05) is 36.2 Å². The number of aromatic nitrogens is 1. The summed E-state index contributed by atoms with van der Waals surface area (Å²) in [5, 5.41) is 6.03. The van der Waals surface area contributed by atoms with E-state index in [-0.39, 0.29) is 48.3 Å². The summed E-state index contributed by atoms with van der Waals surface area (Å²) in [5.74, 6) is -3.41. The van der Waals surface area contributed by atoms with Crippen molar-refractivity contribution in [2.24, 2.45) is 5.92 Å². The van der Waals surface area contributed by atoms with E-state index >= 15 is 0 Å². The van der Waals surface area contributed by atoms with E-state index in [4.69, 9.17) is 0 Å². The number of nitrogens with zero attached hydrogens (tertiary/aromatic N) is 2. The lowest BCUT2D eigenvalue weighted by atomic mass is 9.79. The number of hydrogen-bond donors (Lipinski definition) is 3. The summed E-state index contributed by atoms with van der Waals surface area (Å²) >= 11 is 0. The number of likely N-dealkylation sites (tertiary alicyclic amines) is 1. The SMILES string of the molecule is CC(C)C[C@@H](C(=O)N1C[C@]2(C[C@H]1C(=O)C(=O)NC1CCCCC1)C(=O)Nc1ccccc12)N(C)C(=O)c1cc2c(F)cccc2[nH]1. The summed E-state index contributed by atoms with van der Waals surface area (Å²) in [6, 6.07) is 10.8. The summed E-state index contributed by atoms with van der Waals surface area (Å²) in [6.07, 6.45) is 4.79. The van der Waals surface area contributed by atoms with Gasteiger partial charge in [0.2, 0.25) is 17.6 Å².